The molecule has 2 aromatic rings. The van der Waals surface area contributed by atoms with Gasteiger partial charge in [0, 0.05) is 24.5 Å². The van der Waals surface area contributed by atoms with Gasteiger partial charge in [0.05, 0.1) is 18.6 Å². The molecule has 1 saturated heterocycles. The lowest BCUT2D eigenvalue weighted by Gasteiger charge is -2.20. The third-order valence-corrected chi connectivity index (χ3v) is 6.76. The molecule has 7 nitrogen and oxygen atoms in total. The Labute approximate surface area is 172 Å². The second-order valence-corrected chi connectivity index (χ2v) is 8.91. The van der Waals surface area contributed by atoms with Gasteiger partial charge in [0.25, 0.3) is 0 Å². The van der Waals surface area contributed by atoms with E-state index in [-0.39, 0.29) is 17.3 Å². The number of hydrogen-bond acceptors (Lipinski definition) is 5. The number of anilines is 2. The maximum Gasteiger partial charge on any atom is 0.243 e. The lowest BCUT2D eigenvalue weighted by Crippen LogP contribution is -2.32. The molecule has 0 aliphatic carbocycles. The molecule has 0 saturated carbocycles. The van der Waals surface area contributed by atoms with E-state index in [0.717, 1.165) is 25.7 Å². The second-order valence-electron chi connectivity index (χ2n) is 6.98. The minimum atomic E-state index is -3.52. The molecule has 1 aliphatic heterocycles. The van der Waals surface area contributed by atoms with Crippen molar-refractivity contribution < 1.29 is 17.9 Å². The van der Waals surface area contributed by atoms with Gasteiger partial charge in [-0.15, -0.1) is 0 Å². The number of ether oxygens (including phenoxy) is 1. The first-order chi connectivity index (χ1) is 14.0. The van der Waals surface area contributed by atoms with Crippen LogP contribution in [0.3, 0.4) is 0 Å². The van der Waals surface area contributed by atoms with E-state index in [1.54, 1.807) is 59.9 Å². The first-order valence-corrected chi connectivity index (χ1v) is 11.2. The summed E-state index contributed by atoms with van der Waals surface area (Å²) in [6, 6.07) is 13.7. The topological polar surface area (TPSA) is 87.7 Å². The Balaban J connectivity index is 1.61. The Morgan fingerprint density at radius 1 is 1.00 bits per heavy atom. The zero-order chi connectivity index (χ0) is 20.7. The highest BCUT2D eigenvalue weighted by Gasteiger charge is 2.25. The Bertz CT molecular complexity index is 921. The van der Waals surface area contributed by atoms with Gasteiger partial charge in [0.2, 0.25) is 15.9 Å². The van der Waals surface area contributed by atoms with Gasteiger partial charge >= 0.3 is 0 Å². The van der Waals surface area contributed by atoms with E-state index in [2.05, 4.69) is 10.6 Å². The predicted molar refractivity (Wildman–Crippen MR) is 114 cm³/mol. The molecule has 0 bridgehead atoms. The van der Waals surface area contributed by atoms with Crippen LogP contribution < -0.4 is 15.4 Å². The van der Waals surface area contributed by atoms with Gasteiger partial charge < -0.3 is 15.4 Å². The number of nitrogens with one attached hydrogen (secondary N) is 2. The van der Waals surface area contributed by atoms with Crippen LogP contribution in [-0.2, 0) is 14.8 Å². The molecule has 1 heterocycles. The molecule has 2 aromatic carbocycles. The summed E-state index contributed by atoms with van der Waals surface area (Å²) < 4.78 is 32.5. The largest absolute Gasteiger partial charge is 0.497 e. The normalized spacial score (nSPS) is 15.3. The summed E-state index contributed by atoms with van der Waals surface area (Å²) in [5.41, 5.74) is 1.25. The Hall–Kier alpha value is -2.58. The van der Waals surface area contributed by atoms with Crippen LogP contribution in [0.1, 0.15) is 25.7 Å². The molecule has 0 aromatic heterocycles. The van der Waals surface area contributed by atoms with Gasteiger partial charge in [-0.25, -0.2) is 8.42 Å². The Morgan fingerprint density at radius 2 is 1.69 bits per heavy atom. The van der Waals surface area contributed by atoms with Crippen LogP contribution in [0.15, 0.2) is 53.4 Å². The number of amides is 1. The zero-order valence-electron chi connectivity index (χ0n) is 16.6. The van der Waals surface area contributed by atoms with Gasteiger partial charge in [-0.05, 0) is 55.3 Å². The van der Waals surface area contributed by atoms with Crippen molar-refractivity contribution in [3.63, 3.8) is 0 Å². The number of rotatable bonds is 7. The molecular weight excluding hydrogens is 390 g/mol. The molecule has 0 atom stereocenters. The molecule has 0 unspecified atom stereocenters. The number of sulfonamides is 1. The molecule has 29 heavy (non-hydrogen) atoms. The lowest BCUT2D eigenvalue weighted by molar-refractivity contribution is -0.114. The summed E-state index contributed by atoms with van der Waals surface area (Å²) >= 11 is 0. The minimum absolute atomic E-state index is 0.0270. The Kier molecular flexibility index (Phi) is 7.11. The van der Waals surface area contributed by atoms with E-state index < -0.39 is 10.0 Å². The van der Waals surface area contributed by atoms with Gasteiger partial charge in [-0.2, -0.15) is 4.31 Å². The highest BCUT2D eigenvalue weighted by atomic mass is 32.2. The molecule has 0 spiro atoms. The Morgan fingerprint density at radius 3 is 2.34 bits per heavy atom. The first-order valence-electron chi connectivity index (χ1n) is 9.77. The van der Waals surface area contributed by atoms with E-state index in [9.17, 15) is 13.2 Å². The smallest absolute Gasteiger partial charge is 0.243 e. The number of hydrogen-bond donors (Lipinski definition) is 2. The predicted octanol–water partition coefficient (Wildman–Crippen LogP) is 3.31. The van der Waals surface area contributed by atoms with Crippen molar-refractivity contribution in [2.24, 2.45) is 0 Å². The van der Waals surface area contributed by atoms with Gasteiger partial charge in [-0.1, -0.05) is 18.9 Å². The lowest BCUT2D eigenvalue weighted by atomic mass is 10.2. The second kappa shape index (κ2) is 9.76. The molecule has 1 amide bonds. The van der Waals surface area contributed by atoms with Crippen LogP contribution in [0.2, 0.25) is 0 Å². The third kappa shape index (κ3) is 5.71. The number of benzene rings is 2. The van der Waals surface area contributed by atoms with Crippen LogP contribution in [0, 0.1) is 0 Å². The van der Waals surface area contributed by atoms with E-state index in [1.807, 2.05) is 0 Å². The van der Waals surface area contributed by atoms with Crippen molar-refractivity contribution in [2.75, 3.05) is 37.4 Å². The molecule has 3 rings (SSSR count). The first kappa shape index (κ1) is 21.1. The maximum atomic E-state index is 12.9. The van der Waals surface area contributed by atoms with E-state index in [4.69, 9.17) is 4.74 Å². The van der Waals surface area contributed by atoms with Crippen LogP contribution in [0.5, 0.6) is 5.75 Å². The highest BCUT2D eigenvalue weighted by molar-refractivity contribution is 7.89. The molecule has 156 valence electrons. The fraction of sp³-hybridized carbons (Fsp3) is 0.381. The molecule has 1 fully saturated rings. The standard InChI is InChI=1S/C21H27N3O4S/c1-28-19-11-9-17(10-12-19)23-21(25)16-22-18-7-6-8-20(15-18)29(26,27)24-13-4-2-3-5-14-24/h6-12,15,22H,2-5,13-14,16H2,1H3,(H,23,25). The zero-order valence-corrected chi connectivity index (χ0v) is 17.4. The summed E-state index contributed by atoms with van der Waals surface area (Å²) in [5.74, 6) is 0.486. The van der Waals surface area contributed by atoms with Crippen LogP contribution in [0.25, 0.3) is 0 Å². The van der Waals surface area contributed by atoms with Gasteiger partial charge in [0.1, 0.15) is 5.75 Å². The number of carbonyl (C=O) groups excluding carboxylic acids is 1. The molecule has 0 radical (unpaired) electrons. The van der Waals surface area contributed by atoms with Gasteiger partial charge in [0.15, 0.2) is 0 Å². The molecular formula is C21H27N3O4S. The quantitative estimate of drug-likeness (QED) is 0.722. The van der Waals surface area contributed by atoms with Crippen LogP contribution in [0.4, 0.5) is 11.4 Å². The van der Waals surface area contributed by atoms with Gasteiger partial charge in [-0.3, -0.25) is 4.79 Å². The number of carbonyl (C=O) groups is 1. The average Bonchev–Trinajstić information content (AvgIpc) is 3.03. The number of nitrogens with zero attached hydrogens (tertiary/aromatic N) is 1. The van der Waals surface area contributed by atoms with Crippen molar-refractivity contribution in [1.29, 1.82) is 0 Å². The monoisotopic (exact) mass is 417 g/mol. The van der Waals surface area contributed by atoms with Crippen molar-refractivity contribution >= 4 is 27.3 Å². The summed E-state index contributed by atoms with van der Waals surface area (Å²) in [5, 5.41) is 5.78. The minimum Gasteiger partial charge on any atom is -0.497 e. The molecule has 2 N–H and O–H groups in total. The molecule has 8 heteroatoms. The summed E-state index contributed by atoms with van der Waals surface area (Å²) in [6.45, 7) is 1.15. The third-order valence-electron chi connectivity index (χ3n) is 4.86. The maximum absolute atomic E-state index is 12.9. The van der Waals surface area contributed by atoms with Crippen molar-refractivity contribution in [3.05, 3.63) is 48.5 Å². The summed E-state index contributed by atoms with van der Waals surface area (Å²) in [7, 11) is -1.94. The van der Waals surface area contributed by atoms with Crippen molar-refractivity contribution in [1.82, 2.24) is 4.31 Å². The van der Waals surface area contributed by atoms with E-state index >= 15 is 0 Å². The van der Waals surface area contributed by atoms with Crippen molar-refractivity contribution in [3.8, 4) is 5.75 Å². The fourth-order valence-electron chi connectivity index (χ4n) is 3.26. The SMILES string of the molecule is COc1ccc(NC(=O)CNc2cccc(S(=O)(=O)N3CCCCCC3)c2)cc1. The fourth-order valence-corrected chi connectivity index (χ4v) is 4.82. The molecule has 1 aliphatic rings. The number of methoxy groups -OCH3 is 1. The van der Waals surface area contributed by atoms with Crippen LogP contribution >= 0.6 is 0 Å². The van der Waals surface area contributed by atoms with Crippen molar-refractivity contribution in [2.45, 2.75) is 30.6 Å². The van der Waals surface area contributed by atoms with E-state index in [1.165, 1.54) is 0 Å². The summed E-state index contributed by atoms with van der Waals surface area (Å²) in [4.78, 5) is 12.4. The van der Waals surface area contributed by atoms with E-state index in [0.29, 0.717) is 30.2 Å². The van der Waals surface area contributed by atoms with Crippen LogP contribution in [-0.4, -0.2) is 45.4 Å². The summed E-state index contributed by atoms with van der Waals surface area (Å²) in [6.07, 6.45) is 3.92. The average molecular weight is 418 g/mol. The highest BCUT2D eigenvalue weighted by Crippen LogP contribution is 2.22.